The summed E-state index contributed by atoms with van der Waals surface area (Å²) in [6.45, 7) is 0. The Morgan fingerprint density at radius 3 is 2.35 bits per heavy atom. The van der Waals surface area contributed by atoms with Gasteiger partial charge < -0.3 is 15.1 Å². The maximum Gasteiger partial charge on any atom is 0.304 e. The van der Waals surface area contributed by atoms with Gasteiger partial charge in [-0.3, -0.25) is 19.1 Å². The quantitative estimate of drug-likeness (QED) is 0.514. The average molecular weight is 302 g/mol. The van der Waals surface area contributed by atoms with Gasteiger partial charge in [0.15, 0.2) is 0 Å². The number of rotatable bonds is 8. The van der Waals surface area contributed by atoms with Crippen LogP contribution in [-0.4, -0.2) is 38.1 Å². The Balaban J connectivity index is 2.72. The predicted molar refractivity (Wildman–Crippen MR) is 69.2 cm³/mol. The Bertz CT molecular complexity index is 505. The molecule has 9 heteroatoms. The summed E-state index contributed by atoms with van der Waals surface area (Å²) in [5, 5.41) is 19.6. The maximum absolute atomic E-state index is 12.0. The van der Waals surface area contributed by atoms with Crippen LogP contribution in [0.4, 0.5) is 0 Å². The first-order chi connectivity index (χ1) is 9.28. The molecule has 1 atom stereocenters. The lowest BCUT2D eigenvalue weighted by Crippen LogP contribution is -2.31. The van der Waals surface area contributed by atoms with Crippen molar-refractivity contribution in [2.75, 3.05) is 0 Å². The molecule has 0 aromatic carbocycles. The Morgan fingerprint density at radius 2 is 1.90 bits per heavy atom. The second kappa shape index (κ2) is 7.14. The second-order valence-corrected chi connectivity index (χ2v) is 6.22. The molecule has 0 amide bonds. The van der Waals surface area contributed by atoms with E-state index in [-0.39, 0.29) is 6.16 Å². The molecule has 0 spiro atoms. The van der Waals surface area contributed by atoms with E-state index in [1.807, 2.05) is 0 Å². The molecular weight excluding hydrogens is 287 g/mol. The number of carboxylic acid groups (broad SMARTS) is 2. The Labute approximate surface area is 115 Å². The molecule has 0 aliphatic carbocycles. The SMILES string of the molecule is O=C(O)CC(CC(=O)O)NP(=O)(O)Cc1cccnc1. The van der Waals surface area contributed by atoms with Crippen molar-refractivity contribution < 1.29 is 29.3 Å². The molecule has 1 aromatic rings. The molecule has 8 nitrogen and oxygen atoms in total. The van der Waals surface area contributed by atoms with E-state index in [9.17, 15) is 19.0 Å². The third-order valence-corrected chi connectivity index (χ3v) is 3.91. The Kier molecular flexibility index (Phi) is 5.82. The highest BCUT2D eigenvalue weighted by Gasteiger charge is 2.26. The number of nitrogens with one attached hydrogen (secondary N) is 1. The van der Waals surface area contributed by atoms with Crippen LogP contribution < -0.4 is 5.09 Å². The summed E-state index contributed by atoms with van der Waals surface area (Å²) in [5.41, 5.74) is 0.496. The van der Waals surface area contributed by atoms with Crippen molar-refractivity contribution in [3.8, 4) is 0 Å². The molecule has 0 aliphatic rings. The van der Waals surface area contributed by atoms with Crippen LogP contribution in [0.15, 0.2) is 24.5 Å². The van der Waals surface area contributed by atoms with E-state index in [4.69, 9.17) is 10.2 Å². The third-order valence-electron chi connectivity index (χ3n) is 2.35. The van der Waals surface area contributed by atoms with Crippen LogP contribution in [-0.2, 0) is 20.3 Å². The predicted octanol–water partition coefficient (Wildman–Crippen LogP) is 0.675. The maximum atomic E-state index is 12.0. The summed E-state index contributed by atoms with van der Waals surface area (Å²) in [7, 11) is -3.90. The number of hydrogen-bond donors (Lipinski definition) is 4. The summed E-state index contributed by atoms with van der Waals surface area (Å²) >= 11 is 0. The second-order valence-electron chi connectivity index (χ2n) is 4.24. The van der Waals surface area contributed by atoms with Gasteiger partial charge in [-0.05, 0) is 11.6 Å². The molecule has 0 saturated carbocycles. The zero-order valence-corrected chi connectivity index (χ0v) is 11.4. The molecule has 0 fully saturated rings. The van der Waals surface area contributed by atoms with Crippen LogP contribution in [0.25, 0.3) is 0 Å². The summed E-state index contributed by atoms with van der Waals surface area (Å²) in [4.78, 5) is 34.8. The lowest BCUT2D eigenvalue weighted by atomic mass is 10.1. The normalized spacial score (nSPS) is 13.9. The zero-order valence-electron chi connectivity index (χ0n) is 10.5. The Morgan fingerprint density at radius 1 is 1.30 bits per heavy atom. The number of carbonyl (C=O) groups is 2. The van der Waals surface area contributed by atoms with Crippen LogP contribution >= 0.6 is 7.52 Å². The molecule has 0 bridgehead atoms. The summed E-state index contributed by atoms with van der Waals surface area (Å²) in [5.74, 6) is -2.49. The summed E-state index contributed by atoms with van der Waals surface area (Å²) < 4.78 is 12.0. The van der Waals surface area contributed by atoms with Crippen molar-refractivity contribution in [1.29, 1.82) is 0 Å². The number of aromatic nitrogens is 1. The Hall–Kier alpha value is -1.76. The summed E-state index contributed by atoms with van der Waals surface area (Å²) in [6, 6.07) is 2.08. The van der Waals surface area contributed by atoms with Crippen molar-refractivity contribution in [3.63, 3.8) is 0 Å². The number of aliphatic carboxylic acids is 2. The van der Waals surface area contributed by atoms with Crippen LogP contribution in [0.1, 0.15) is 18.4 Å². The highest BCUT2D eigenvalue weighted by Crippen LogP contribution is 2.40. The molecule has 1 aromatic heterocycles. The fourth-order valence-corrected chi connectivity index (χ4v) is 3.18. The van der Waals surface area contributed by atoms with E-state index >= 15 is 0 Å². The number of pyridine rings is 1. The van der Waals surface area contributed by atoms with Crippen LogP contribution in [0.5, 0.6) is 0 Å². The van der Waals surface area contributed by atoms with Gasteiger partial charge in [-0.25, -0.2) is 5.09 Å². The van der Waals surface area contributed by atoms with Gasteiger partial charge in [0, 0.05) is 18.4 Å². The van der Waals surface area contributed by atoms with Gasteiger partial charge >= 0.3 is 11.9 Å². The van der Waals surface area contributed by atoms with Crippen molar-refractivity contribution in [1.82, 2.24) is 10.1 Å². The molecule has 20 heavy (non-hydrogen) atoms. The van der Waals surface area contributed by atoms with Gasteiger partial charge in [-0.1, -0.05) is 6.07 Å². The van der Waals surface area contributed by atoms with Gasteiger partial charge in [-0.15, -0.1) is 0 Å². The monoisotopic (exact) mass is 302 g/mol. The first kappa shape index (κ1) is 16.3. The minimum absolute atomic E-state index is 0.253. The van der Waals surface area contributed by atoms with Crippen LogP contribution in [0.2, 0.25) is 0 Å². The fourth-order valence-electron chi connectivity index (χ4n) is 1.66. The minimum atomic E-state index is -3.90. The molecule has 1 rings (SSSR count). The van der Waals surface area contributed by atoms with Gasteiger partial charge in [0.25, 0.3) is 7.52 Å². The van der Waals surface area contributed by atoms with Gasteiger partial charge in [-0.2, -0.15) is 0 Å². The molecule has 0 saturated heterocycles. The van der Waals surface area contributed by atoms with E-state index in [0.29, 0.717) is 5.56 Å². The van der Waals surface area contributed by atoms with Gasteiger partial charge in [0.1, 0.15) is 0 Å². The first-order valence-corrected chi connectivity index (χ1v) is 7.55. The average Bonchev–Trinajstić information content (AvgIpc) is 2.26. The van der Waals surface area contributed by atoms with Crippen molar-refractivity contribution in [2.24, 2.45) is 0 Å². The standard InChI is InChI=1S/C11H15N2O6P/c14-10(15)4-9(5-11(16)17)13-20(18,19)7-8-2-1-3-12-6-8/h1-3,6,9H,4-5,7H2,(H,14,15)(H,16,17)(H2,13,18,19). The highest BCUT2D eigenvalue weighted by atomic mass is 31.2. The summed E-state index contributed by atoms with van der Waals surface area (Å²) in [6.07, 6.45) is 1.56. The van der Waals surface area contributed by atoms with E-state index in [2.05, 4.69) is 10.1 Å². The molecule has 1 unspecified atom stereocenters. The fraction of sp³-hybridized carbons (Fsp3) is 0.364. The van der Waals surface area contributed by atoms with E-state index in [0.717, 1.165) is 0 Å². The topological polar surface area (TPSA) is 137 Å². The van der Waals surface area contributed by atoms with Gasteiger partial charge in [0.2, 0.25) is 0 Å². The van der Waals surface area contributed by atoms with E-state index in [1.54, 1.807) is 12.1 Å². The first-order valence-electron chi connectivity index (χ1n) is 5.70. The lowest BCUT2D eigenvalue weighted by Gasteiger charge is -2.19. The number of hydrogen-bond acceptors (Lipinski definition) is 4. The molecule has 4 N–H and O–H groups in total. The van der Waals surface area contributed by atoms with Crippen molar-refractivity contribution in [3.05, 3.63) is 30.1 Å². The number of nitrogens with zero attached hydrogens (tertiary/aromatic N) is 1. The van der Waals surface area contributed by atoms with Crippen LogP contribution in [0, 0.1) is 0 Å². The van der Waals surface area contributed by atoms with Crippen molar-refractivity contribution >= 4 is 19.5 Å². The number of carboxylic acids is 2. The molecule has 1 heterocycles. The highest BCUT2D eigenvalue weighted by molar-refractivity contribution is 7.55. The van der Waals surface area contributed by atoms with Gasteiger partial charge in [0.05, 0.1) is 19.0 Å². The van der Waals surface area contributed by atoms with E-state index in [1.165, 1.54) is 12.4 Å². The third kappa shape index (κ3) is 6.42. The minimum Gasteiger partial charge on any atom is -0.481 e. The van der Waals surface area contributed by atoms with E-state index < -0.39 is 38.3 Å². The molecule has 0 aliphatic heterocycles. The zero-order chi connectivity index (χ0) is 15.2. The molecular formula is C11H15N2O6P. The largest absolute Gasteiger partial charge is 0.481 e. The molecule has 0 radical (unpaired) electrons. The lowest BCUT2D eigenvalue weighted by molar-refractivity contribution is -0.139. The van der Waals surface area contributed by atoms with Crippen molar-refractivity contribution in [2.45, 2.75) is 25.0 Å². The smallest absolute Gasteiger partial charge is 0.304 e. The molecule has 110 valence electrons. The van der Waals surface area contributed by atoms with Crippen LogP contribution in [0.3, 0.4) is 0 Å².